The van der Waals surface area contributed by atoms with E-state index in [0.717, 1.165) is 24.1 Å². The minimum Gasteiger partial charge on any atom is -0.352 e. The van der Waals surface area contributed by atoms with E-state index in [9.17, 15) is 4.79 Å². The summed E-state index contributed by atoms with van der Waals surface area (Å²) in [7, 11) is 0. The van der Waals surface area contributed by atoms with Gasteiger partial charge in [-0.2, -0.15) is 5.10 Å². The molecular formula is C16H22N4O. The average Bonchev–Trinajstić information content (AvgIpc) is 2.99. The molecule has 0 spiro atoms. The number of carbonyl (C=O) groups excluding carboxylic acids is 1. The molecule has 0 aliphatic heterocycles. The molecule has 3 N–H and O–H groups in total. The van der Waals surface area contributed by atoms with E-state index < -0.39 is 0 Å². The minimum atomic E-state index is 0.0610. The van der Waals surface area contributed by atoms with E-state index >= 15 is 0 Å². The Morgan fingerprint density at radius 1 is 1.38 bits per heavy atom. The molecule has 0 aliphatic carbocycles. The predicted octanol–water partition coefficient (Wildman–Crippen LogP) is 2.01. The lowest BCUT2D eigenvalue weighted by Crippen LogP contribution is -2.24. The molecule has 5 heteroatoms. The molecule has 0 saturated heterocycles. The highest BCUT2D eigenvalue weighted by molar-refractivity contribution is 5.75. The highest BCUT2D eigenvalue weighted by Crippen LogP contribution is 2.13. The first kappa shape index (κ1) is 15.3. The van der Waals surface area contributed by atoms with Crippen molar-refractivity contribution < 1.29 is 4.79 Å². The zero-order valence-corrected chi connectivity index (χ0v) is 12.3. The molecule has 21 heavy (non-hydrogen) atoms. The Bertz CT molecular complexity index is 563. The summed E-state index contributed by atoms with van der Waals surface area (Å²) in [6.07, 6.45) is 5.85. The van der Waals surface area contributed by atoms with Crippen LogP contribution >= 0.6 is 0 Å². The van der Waals surface area contributed by atoms with Crippen molar-refractivity contribution >= 4 is 5.91 Å². The van der Waals surface area contributed by atoms with Gasteiger partial charge in [-0.25, -0.2) is 4.68 Å². The first-order chi connectivity index (χ1) is 10.2. The van der Waals surface area contributed by atoms with Gasteiger partial charge in [-0.3, -0.25) is 4.79 Å². The summed E-state index contributed by atoms with van der Waals surface area (Å²) in [5.74, 6) is 0.0610. The van der Waals surface area contributed by atoms with Gasteiger partial charge in [0.05, 0.1) is 5.69 Å². The molecule has 1 amide bonds. The summed E-state index contributed by atoms with van der Waals surface area (Å²) in [4.78, 5) is 11.8. The third kappa shape index (κ3) is 4.72. The number of hydrogen-bond acceptors (Lipinski definition) is 3. The van der Waals surface area contributed by atoms with Crippen molar-refractivity contribution in [1.82, 2.24) is 15.1 Å². The highest BCUT2D eigenvalue weighted by Gasteiger charge is 2.07. The van der Waals surface area contributed by atoms with Crippen LogP contribution in [0.25, 0.3) is 5.69 Å². The third-order valence-electron chi connectivity index (χ3n) is 3.28. The lowest BCUT2D eigenvalue weighted by molar-refractivity contribution is -0.121. The first-order valence-electron chi connectivity index (χ1n) is 7.27. The monoisotopic (exact) mass is 286 g/mol. The zero-order chi connectivity index (χ0) is 15.1. The second kappa shape index (κ2) is 7.59. The van der Waals surface area contributed by atoms with Crippen molar-refractivity contribution in [2.24, 2.45) is 5.73 Å². The maximum absolute atomic E-state index is 11.8. The number of amides is 1. The van der Waals surface area contributed by atoms with Gasteiger partial charge in [-0.15, -0.1) is 0 Å². The van der Waals surface area contributed by atoms with Gasteiger partial charge >= 0.3 is 0 Å². The van der Waals surface area contributed by atoms with Gasteiger partial charge in [-0.05, 0) is 37.5 Å². The number of benzene rings is 1. The topological polar surface area (TPSA) is 72.9 Å². The van der Waals surface area contributed by atoms with Gasteiger partial charge in [-0.1, -0.05) is 18.2 Å². The summed E-state index contributed by atoms with van der Waals surface area (Å²) >= 11 is 0. The van der Waals surface area contributed by atoms with Crippen LogP contribution in [0.5, 0.6) is 0 Å². The Morgan fingerprint density at radius 2 is 2.19 bits per heavy atom. The van der Waals surface area contributed by atoms with E-state index in [1.54, 1.807) is 10.9 Å². The van der Waals surface area contributed by atoms with Crippen molar-refractivity contribution in [1.29, 1.82) is 0 Å². The van der Waals surface area contributed by atoms with Gasteiger partial charge in [0.25, 0.3) is 0 Å². The number of rotatable bonds is 7. The van der Waals surface area contributed by atoms with E-state index in [1.165, 1.54) is 0 Å². The maximum atomic E-state index is 11.8. The Labute approximate surface area is 125 Å². The van der Waals surface area contributed by atoms with Gasteiger partial charge in [0.2, 0.25) is 5.91 Å². The van der Waals surface area contributed by atoms with Crippen LogP contribution in [0, 0.1) is 0 Å². The van der Waals surface area contributed by atoms with Gasteiger partial charge in [0, 0.05) is 31.4 Å². The van der Waals surface area contributed by atoms with Crippen molar-refractivity contribution in [2.45, 2.75) is 38.8 Å². The number of para-hydroxylation sites is 1. The quantitative estimate of drug-likeness (QED) is 0.817. The van der Waals surface area contributed by atoms with Crippen LogP contribution in [-0.4, -0.2) is 21.7 Å². The fraction of sp³-hybridized carbons (Fsp3) is 0.375. The summed E-state index contributed by atoms with van der Waals surface area (Å²) in [5.41, 5.74) is 7.70. The van der Waals surface area contributed by atoms with Crippen LogP contribution in [0.1, 0.15) is 31.7 Å². The molecule has 1 unspecified atom stereocenters. The molecule has 0 saturated carbocycles. The van der Waals surface area contributed by atoms with E-state index in [4.69, 9.17) is 5.73 Å². The van der Waals surface area contributed by atoms with Crippen LogP contribution in [0.15, 0.2) is 42.7 Å². The standard InChI is InChI=1S/C16H22N4O/c1-13(17)6-4-9-16(21)18-12-14-7-2-3-8-15(14)20-11-5-10-19-20/h2-3,5,7-8,10-11,13H,4,6,9,12,17H2,1H3,(H,18,21). The molecule has 0 aliphatic rings. The van der Waals surface area contributed by atoms with Crippen LogP contribution in [0.4, 0.5) is 0 Å². The van der Waals surface area contributed by atoms with Crippen LogP contribution in [0.3, 0.4) is 0 Å². The Morgan fingerprint density at radius 3 is 2.90 bits per heavy atom. The SMILES string of the molecule is CC(N)CCCC(=O)NCc1ccccc1-n1cccn1. The fourth-order valence-corrected chi connectivity index (χ4v) is 2.16. The molecule has 0 radical (unpaired) electrons. The second-order valence-electron chi connectivity index (χ2n) is 5.23. The number of nitrogens with two attached hydrogens (primary N) is 1. The van der Waals surface area contributed by atoms with Crippen molar-refractivity contribution in [2.75, 3.05) is 0 Å². The molecule has 0 bridgehead atoms. The van der Waals surface area contributed by atoms with E-state index in [-0.39, 0.29) is 11.9 Å². The molecule has 0 fully saturated rings. The molecule has 1 aromatic carbocycles. The Balaban J connectivity index is 1.90. The lowest BCUT2D eigenvalue weighted by Gasteiger charge is -2.11. The summed E-state index contributed by atoms with van der Waals surface area (Å²) in [6, 6.07) is 9.95. The highest BCUT2D eigenvalue weighted by atomic mass is 16.1. The zero-order valence-electron chi connectivity index (χ0n) is 12.3. The molecule has 112 valence electrons. The summed E-state index contributed by atoms with van der Waals surface area (Å²) < 4.78 is 1.80. The number of nitrogens with one attached hydrogen (secondary N) is 1. The predicted molar refractivity (Wildman–Crippen MR) is 82.9 cm³/mol. The fourth-order valence-electron chi connectivity index (χ4n) is 2.16. The van der Waals surface area contributed by atoms with Crippen LogP contribution < -0.4 is 11.1 Å². The van der Waals surface area contributed by atoms with Gasteiger partial charge in [0.1, 0.15) is 0 Å². The van der Waals surface area contributed by atoms with Crippen molar-refractivity contribution in [3.8, 4) is 5.69 Å². The second-order valence-corrected chi connectivity index (χ2v) is 5.23. The Kier molecular flexibility index (Phi) is 5.51. The molecular weight excluding hydrogens is 264 g/mol. The maximum Gasteiger partial charge on any atom is 0.220 e. The van der Waals surface area contributed by atoms with Crippen LogP contribution in [-0.2, 0) is 11.3 Å². The minimum absolute atomic E-state index is 0.0610. The van der Waals surface area contributed by atoms with Crippen molar-refractivity contribution in [3.63, 3.8) is 0 Å². The largest absolute Gasteiger partial charge is 0.352 e. The van der Waals surface area contributed by atoms with Gasteiger partial charge in [0.15, 0.2) is 0 Å². The lowest BCUT2D eigenvalue weighted by atomic mass is 10.1. The van der Waals surface area contributed by atoms with E-state index in [2.05, 4.69) is 10.4 Å². The van der Waals surface area contributed by atoms with E-state index in [0.29, 0.717) is 13.0 Å². The molecule has 1 atom stereocenters. The molecule has 1 aromatic heterocycles. The normalized spacial score (nSPS) is 12.1. The number of hydrogen-bond donors (Lipinski definition) is 2. The smallest absolute Gasteiger partial charge is 0.220 e. The molecule has 2 rings (SSSR count). The van der Waals surface area contributed by atoms with Crippen molar-refractivity contribution in [3.05, 3.63) is 48.3 Å². The molecule has 2 aromatic rings. The number of carbonyl (C=O) groups is 1. The van der Waals surface area contributed by atoms with Gasteiger partial charge < -0.3 is 11.1 Å². The van der Waals surface area contributed by atoms with E-state index in [1.807, 2.05) is 43.5 Å². The average molecular weight is 286 g/mol. The summed E-state index contributed by atoms with van der Waals surface area (Å²) in [6.45, 7) is 2.46. The summed E-state index contributed by atoms with van der Waals surface area (Å²) in [5, 5.41) is 7.19. The molecule has 1 heterocycles. The first-order valence-corrected chi connectivity index (χ1v) is 7.27. The molecule has 5 nitrogen and oxygen atoms in total. The Hall–Kier alpha value is -2.14. The number of nitrogens with zero attached hydrogens (tertiary/aromatic N) is 2. The van der Waals surface area contributed by atoms with Crippen LogP contribution in [0.2, 0.25) is 0 Å². The third-order valence-corrected chi connectivity index (χ3v) is 3.28. The number of aromatic nitrogens is 2.